The Kier molecular flexibility index (Phi) is 4.22. The van der Waals surface area contributed by atoms with Crippen molar-refractivity contribution in [2.75, 3.05) is 13.7 Å². The second-order valence-corrected chi connectivity index (χ2v) is 7.03. The van der Waals surface area contributed by atoms with Crippen LogP contribution in [0.25, 0.3) is 0 Å². The van der Waals surface area contributed by atoms with Crippen LogP contribution in [0.15, 0.2) is 34.0 Å². The Balaban J connectivity index is 1.93. The number of furan rings is 1. The molecule has 2 aromatic rings. The van der Waals surface area contributed by atoms with Gasteiger partial charge in [0.1, 0.15) is 5.82 Å². The molecule has 3 rings (SSSR count). The molecule has 1 aliphatic heterocycles. The summed E-state index contributed by atoms with van der Waals surface area (Å²) in [5.41, 5.74) is 0. The average molecular weight is 339 g/mol. The van der Waals surface area contributed by atoms with E-state index in [2.05, 4.69) is 14.7 Å². The fourth-order valence-corrected chi connectivity index (χ4v) is 4.29. The summed E-state index contributed by atoms with van der Waals surface area (Å²) < 4.78 is 36.8. The van der Waals surface area contributed by atoms with E-state index >= 15 is 0 Å². The van der Waals surface area contributed by atoms with Crippen LogP contribution in [-0.4, -0.2) is 42.3 Å². The maximum Gasteiger partial charge on any atom is 0.374 e. The van der Waals surface area contributed by atoms with Crippen LogP contribution in [0.2, 0.25) is 0 Å². The zero-order chi connectivity index (χ0) is 16.4. The standard InChI is InChI=1S/C14H17N3O5S/c1-21-14(18)11-5-6-12(22-11)23(19,20)17-9-3-2-4-10(17)13-15-7-8-16-13/h5-8,10H,2-4,9H2,1H3,(H,15,16). The number of esters is 1. The summed E-state index contributed by atoms with van der Waals surface area (Å²) in [7, 11) is -2.65. The lowest BCUT2D eigenvalue weighted by Crippen LogP contribution is -2.38. The molecule has 1 atom stereocenters. The van der Waals surface area contributed by atoms with Crippen molar-refractivity contribution in [2.45, 2.75) is 30.4 Å². The van der Waals surface area contributed by atoms with E-state index < -0.39 is 16.0 Å². The molecular formula is C14H17N3O5S. The number of sulfonamides is 1. The van der Waals surface area contributed by atoms with Gasteiger partial charge in [-0.2, -0.15) is 4.31 Å². The van der Waals surface area contributed by atoms with Crippen molar-refractivity contribution in [1.29, 1.82) is 0 Å². The van der Waals surface area contributed by atoms with E-state index in [-0.39, 0.29) is 16.9 Å². The molecule has 0 aromatic carbocycles. The van der Waals surface area contributed by atoms with Crippen molar-refractivity contribution in [3.63, 3.8) is 0 Å². The van der Waals surface area contributed by atoms with Crippen LogP contribution >= 0.6 is 0 Å². The maximum absolute atomic E-state index is 12.9. The third-order valence-electron chi connectivity index (χ3n) is 3.82. The minimum atomic E-state index is -3.86. The van der Waals surface area contributed by atoms with Crippen LogP contribution in [0.4, 0.5) is 0 Å². The molecule has 0 spiro atoms. The summed E-state index contributed by atoms with van der Waals surface area (Å²) in [6.45, 7) is 0.377. The van der Waals surface area contributed by atoms with Crippen LogP contribution in [0.5, 0.6) is 0 Å². The fraction of sp³-hybridized carbons (Fsp3) is 0.429. The van der Waals surface area contributed by atoms with Crippen molar-refractivity contribution in [3.8, 4) is 0 Å². The van der Waals surface area contributed by atoms with Gasteiger partial charge in [-0.25, -0.2) is 18.2 Å². The summed E-state index contributed by atoms with van der Waals surface area (Å²) in [5, 5.41) is -0.267. The quantitative estimate of drug-likeness (QED) is 0.850. The lowest BCUT2D eigenvalue weighted by Gasteiger charge is -2.32. The SMILES string of the molecule is COC(=O)c1ccc(S(=O)(=O)N2CCCCC2c2ncc[nH]2)o1. The molecule has 0 aliphatic carbocycles. The van der Waals surface area contributed by atoms with Gasteiger partial charge in [-0.15, -0.1) is 0 Å². The van der Waals surface area contributed by atoms with E-state index in [0.29, 0.717) is 18.8 Å². The first-order chi connectivity index (χ1) is 11.0. The molecular weight excluding hydrogens is 322 g/mol. The molecule has 0 radical (unpaired) electrons. The summed E-state index contributed by atoms with van der Waals surface area (Å²) in [4.78, 5) is 18.6. The van der Waals surface area contributed by atoms with Gasteiger partial charge in [0.25, 0.3) is 10.0 Å². The number of methoxy groups -OCH3 is 1. The number of H-pyrrole nitrogens is 1. The number of hydrogen-bond acceptors (Lipinski definition) is 6. The highest BCUT2D eigenvalue weighted by Crippen LogP contribution is 2.34. The number of rotatable bonds is 4. The number of ether oxygens (including phenoxy) is 1. The first kappa shape index (κ1) is 15.8. The molecule has 9 heteroatoms. The number of aromatic amines is 1. The number of carbonyl (C=O) groups excluding carboxylic acids is 1. The summed E-state index contributed by atoms with van der Waals surface area (Å²) in [5.74, 6) is -0.252. The van der Waals surface area contributed by atoms with Gasteiger partial charge in [0.05, 0.1) is 13.2 Å². The van der Waals surface area contributed by atoms with Crippen LogP contribution in [0.1, 0.15) is 41.7 Å². The van der Waals surface area contributed by atoms with Crippen LogP contribution < -0.4 is 0 Å². The monoisotopic (exact) mass is 339 g/mol. The fourth-order valence-electron chi connectivity index (χ4n) is 2.71. The van der Waals surface area contributed by atoms with Crippen molar-refractivity contribution in [3.05, 3.63) is 36.1 Å². The second-order valence-electron chi connectivity index (χ2n) is 5.21. The zero-order valence-electron chi connectivity index (χ0n) is 12.6. The Labute approximate surface area is 133 Å². The molecule has 1 saturated heterocycles. The molecule has 0 saturated carbocycles. The molecule has 0 bridgehead atoms. The molecule has 2 aromatic heterocycles. The Bertz CT molecular complexity index is 781. The minimum Gasteiger partial charge on any atom is -0.463 e. The van der Waals surface area contributed by atoms with Gasteiger partial charge in [0.2, 0.25) is 10.9 Å². The van der Waals surface area contributed by atoms with Gasteiger partial charge in [0, 0.05) is 18.9 Å². The topological polar surface area (TPSA) is 106 Å². The highest BCUT2D eigenvalue weighted by molar-refractivity contribution is 7.89. The first-order valence-corrected chi connectivity index (χ1v) is 8.67. The average Bonchev–Trinajstić information content (AvgIpc) is 3.25. The van der Waals surface area contributed by atoms with E-state index in [1.165, 1.54) is 23.5 Å². The van der Waals surface area contributed by atoms with E-state index in [4.69, 9.17) is 4.42 Å². The lowest BCUT2D eigenvalue weighted by molar-refractivity contribution is 0.0558. The third-order valence-corrected chi connectivity index (χ3v) is 5.60. The third kappa shape index (κ3) is 2.89. The number of nitrogens with zero attached hydrogens (tertiary/aromatic N) is 2. The molecule has 1 aliphatic rings. The predicted octanol–water partition coefficient (Wildman–Crippen LogP) is 1.71. The molecule has 1 unspecified atom stereocenters. The molecule has 23 heavy (non-hydrogen) atoms. The number of hydrogen-bond donors (Lipinski definition) is 1. The number of piperidine rings is 1. The van der Waals surface area contributed by atoms with Crippen LogP contribution in [0, 0.1) is 0 Å². The molecule has 8 nitrogen and oxygen atoms in total. The van der Waals surface area contributed by atoms with Crippen molar-refractivity contribution < 1.29 is 22.4 Å². The largest absolute Gasteiger partial charge is 0.463 e. The van der Waals surface area contributed by atoms with Crippen LogP contribution in [0.3, 0.4) is 0 Å². The highest BCUT2D eigenvalue weighted by atomic mass is 32.2. The van der Waals surface area contributed by atoms with Crippen molar-refractivity contribution in [1.82, 2.24) is 14.3 Å². The van der Waals surface area contributed by atoms with Gasteiger partial charge < -0.3 is 14.1 Å². The van der Waals surface area contributed by atoms with Gasteiger partial charge in [-0.1, -0.05) is 6.42 Å². The summed E-state index contributed by atoms with van der Waals surface area (Å²) in [6, 6.07) is 2.20. The van der Waals surface area contributed by atoms with Gasteiger partial charge in [-0.05, 0) is 25.0 Å². The maximum atomic E-state index is 12.9. The summed E-state index contributed by atoms with van der Waals surface area (Å²) in [6.07, 6.45) is 5.62. The van der Waals surface area contributed by atoms with Gasteiger partial charge in [-0.3, -0.25) is 0 Å². The van der Waals surface area contributed by atoms with Gasteiger partial charge in [0.15, 0.2) is 0 Å². The normalized spacial score (nSPS) is 19.6. The zero-order valence-corrected chi connectivity index (χ0v) is 13.4. The predicted molar refractivity (Wildman–Crippen MR) is 79.1 cm³/mol. The number of imidazole rings is 1. The molecule has 0 amide bonds. The first-order valence-electron chi connectivity index (χ1n) is 7.23. The molecule has 1 N–H and O–H groups in total. The number of carbonyl (C=O) groups is 1. The Hall–Kier alpha value is -2.13. The van der Waals surface area contributed by atoms with Crippen molar-refractivity contribution >= 4 is 16.0 Å². The lowest BCUT2D eigenvalue weighted by atomic mass is 10.0. The molecule has 1 fully saturated rings. The van der Waals surface area contributed by atoms with Crippen LogP contribution in [-0.2, 0) is 14.8 Å². The number of nitrogens with one attached hydrogen (secondary N) is 1. The Morgan fingerprint density at radius 1 is 1.43 bits per heavy atom. The summed E-state index contributed by atoms with van der Waals surface area (Å²) >= 11 is 0. The van der Waals surface area contributed by atoms with Gasteiger partial charge >= 0.3 is 5.97 Å². The van der Waals surface area contributed by atoms with Crippen molar-refractivity contribution in [2.24, 2.45) is 0 Å². The second kappa shape index (κ2) is 6.17. The van der Waals surface area contributed by atoms with E-state index in [9.17, 15) is 13.2 Å². The smallest absolute Gasteiger partial charge is 0.374 e. The Morgan fingerprint density at radius 3 is 2.96 bits per heavy atom. The molecule has 3 heterocycles. The highest BCUT2D eigenvalue weighted by Gasteiger charge is 2.37. The Morgan fingerprint density at radius 2 is 2.26 bits per heavy atom. The van der Waals surface area contributed by atoms with E-state index in [1.54, 1.807) is 12.4 Å². The number of aromatic nitrogens is 2. The van der Waals surface area contributed by atoms with E-state index in [0.717, 1.165) is 12.8 Å². The molecule has 124 valence electrons. The van der Waals surface area contributed by atoms with E-state index in [1.807, 2.05) is 0 Å². The minimum absolute atomic E-state index is 0.141.